The summed E-state index contributed by atoms with van der Waals surface area (Å²) in [6.07, 6.45) is 2.89. The van der Waals surface area contributed by atoms with E-state index in [2.05, 4.69) is 32.7 Å². The van der Waals surface area contributed by atoms with Crippen LogP contribution in [0.4, 0.5) is 11.6 Å². The Balaban J connectivity index is 1.34. The fraction of sp³-hybridized carbons (Fsp3) is 0.290. The molecule has 11 heteroatoms. The van der Waals surface area contributed by atoms with Gasteiger partial charge >= 0.3 is 0 Å². The first kappa shape index (κ1) is 28.5. The van der Waals surface area contributed by atoms with Crippen LogP contribution in [-0.2, 0) is 22.5 Å². The maximum absolute atomic E-state index is 13.9. The topological polar surface area (TPSA) is 117 Å². The second-order valence-corrected chi connectivity index (χ2v) is 12.9. The Bertz CT molecular complexity index is 1730. The second-order valence-electron chi connectivity index (χ2n) is 10.3. The summed E-state index contributed by atoms with van der Waals surface area (Å²) in [4.78, 5) is 29.5. The molecule has 0 spiro atoms. The third kappa shape index (κ3) is 6.11. The number of nitrogens with zero attached hydrogens (tertiary/aromatic N) is 4. The molecule has 216 valence electrons. The molecule has 5 aromatic rings. The Morgan fingerprint density at radius 1 is 1.17 bits per heavy atom. The predicted octanol–water partition coefficient (Wildman–Crippen LogP) is 4.85. The van der Waals surface area contributed by atoms with Gasteiger partial charge in [0.25, 0.3) is 5.56 Å². The zero-order valence-corrected chi connectivity index (χ0v) is 25.1. The van der Waals surface area contributed by atoms with E-state index in [1.807, 2.05) is 49.4 Å². The molecular weight excluding hydrogens is 569 g/mol. The lowest BCUT2D eigenvalue weighted by molar-refractivity contribution is 0.217. The van der Waals surface area contributed by atoms with Crippen LogP contribution in [0.1, 0.15) is 28.3 Å². The average molecular weight is 601 g/mol. The fourth-order valence-electron chi connectivity index (χ4n) is 5.21. The van der Waals surface area contributed by atoms with Gasteiger partial charge in [-0.1, -0.05) is 24.3 Å². The molecule has 9 nitrogen and oxygen atoms in total. The standard InChI is InChI=1S/C31H32N6O3S2/c1-20-28(34-19-41-20)27-15-24-17-33-31(35-25-7-5-22(6-8-25)23-11-12-32-16-23)36-29(24)37(30(27)38)18-21-3-9-26(10-4-21)42(39)14-13-40-2/h3-10,15,17,19,23,32H,11-14,16,18H2,1-2H3,(H,33,35,36). The smallest absolute Gasteiger partial charge is 0.262 e. The Hall–Kier alpha value is -3.61. The Morgan fingerprint density at radius 3 is 2.67 bits per heavy atom. The zero-order chi connectivity index (χ0) is 29.1. The van der Waals surface area contributed by atoms with Crippen molar-refractivity contribution in [3.05, 3.63) is 92.7 Å². The monoisotopic (exact) mass is 600 g/mol. The third-order valence-corrected chi connectivity index (χ3v) is 9.62. The molecule has 1 fully saturated rings. The first-order valence-electron chi connectivity index (χ1n) is 13.8. The largest absolute Gasteiger partial charge is 0.611 e. The molecule has 2 atom stereocenters. The summed E-state index contributed by atoms with van der Waals surface area (Å²) in [5.74, 6) is 1.38. The Morgan fingerprint density at radius 2 is 1.98 bits per heavy atom. The molecule has 0 radical (unpaired) electrons. The minimum Gasteiger partial charge on any atom is -0.611 e. The number of hydrogen-bond donors (Lipinski definition) is 2. The van der Waals surface area contributed by atoms with Crippen LogP contribution in [0.5, 0.6) is 0 Å². The van der Waals surface area contributed by atoms with Crippen molar-refractivity contribution in [3.8, 4) is 11.3 Å². The summed E-state index contributed by atoms with van der Waals surface area (Å²) >= 11 is 0.355. The van der Waals surface area contributed by atoms with Crippen LogP contribution in [0, 0.1) is 6.92 Å². The highest BCUT2D eigenvalue weighted by molar-refractivity contribution is 7.91. The first-order valence-corrected chi connectivity index (χ1v) is 16.0. The molecule has 1 aliphatic heterocycles. The highest BCUT2D eigenvalue weighted by Crippen LogP contribution is 2.27. The van der Waals surface area contributed by atoms with E-state index in [0.29, 0.717) is 41.1 Å². The maximum atomic E-state index is 13.9. The second kappa shape index (κ2) is 12.7. The van der Waals surface area contributed by atoms with Gasteiger partial charge in [-0.05, 0) is 78.4 Å². The van der Waals surface area contributed by atoms with Crippen molar-refractivity contribution in [3.63, 3.8) is 0 Å². The summed E-state index contributed by atoms with van der Waals surface area (Å²) < 4.78 is 19.3. The Kier molecular flexibility index (Phi) is 8.63. The van der Waals surface area contributed by atoms with Gasteiger partial charge in [0.05, 0.1) is 29.9 Å². The van der Waals surface area contributed by atoms with Crippen LogP contribution in [-0.4, -0.2) is 56.6 Å². The minimum atomic E-state index is -1.15. The van der Waals surface area contributed by atoms with Gasteiger partial charge in [0, 0.05) is 35.8 Å². The van der Waals surface area contributed by atoms with Crippen molar-refractivity contribution >= 4 is 45.2 Å². The van der Waals surface area contributed by atoms with Crippen LogP contribution >= 0.6 is 11.3 Å². The quantitative estimate of drug-likeness (QED) is 0.219. The van der Waals surface area contributed by atoms with Crippen LogP contribution in [0.25, 0.3) is 22.3 Å². The molecule has 0 aliphatic carbocycles. The number of anilines is 2. The normalized spacial score (nSPS) is 15.7. The SMILES string of the molecule is COCC[S+]([O-])c1ccc(Cn2c(=O)c(-c3ncsc3C)cc3cnc(Nc4ccc(C5CCNC5)cc4)nc32)cc1. The number of benzene rings is 2. The number of ether oxygens (including phenoxy) is 1. The lowest BCUT2D eigenvalue weighted by Crippen LogP contribution is -2.24. The van der Waals surface area contributed by atoms with Gasteiger partial charge in [-0.15, -0.1) is 11.3 Å². The molecule has 1 aliphatic rings. The average Bonchev–Trinajstić information content (AvgIpc) is 3.70. The van der Waals surface area contributed by atoms with Gasteiger partial charge in [0.1, 0.15) is 11.4 Å². The molecule has 0 saturated carbocycles. The number of hydrogen-bond acceptors (Lipinski definition) is 9. The van der Waals surface area contributed by atoms with Crippen molar-refractivity contribution in [2.45, 2.75) is 30.7 Å². The van der Waals surface area contributed by atoms with E-state index in [9.17, 15) is 9.35 Å². The summed E-state index contributed by atoms with van der Waals surface area (Å²) in [6, 6.07) is 17.7. The highest BCUT2D eigenvalue weighted by atomic mass is 32.2. The molecule has 0 bridgehead atoms. The van der Waals surface area contributed by atoms with E-state index in [-0.39, 0.29) is 12.1 Å². The summed E-state index contributed by atoms with van der Waals surface area (Å²) in [6.45, 7) is 4.74. The van der Waals surface area contributed by atoms with Crippen molar-refractivity contribution in [2.24, 2.45) is 0 Å². The third-order valence-electron chi connectivity index (χ3n) is 7.53. The van der Waals surface area contributed by atoms with Gasteiger partial charge in [-0.3, -0.25) is 9.36 Å². The van der Waals surface area contributed by atoms with Crippen LogP contribution < -0.4 is 16.2 Å². The van der Waals surface area contributed by atoms with E-state index in [1.54, 1.807) is 23.4 Å². The molecule has 4 heterocycles. The zero-order valence-electron chi connectivity index (χ0n) is 23.5. The summed E-state index contributed by atoms with van der Waals surface area (Å²) in [5, 5.41) is 7.46. The summed E-state index contributed by atoms with van der Waals surface area (Å²) in [5.41, 5.74) is 6.37. The lowest BCUT2D eigenvalue weighted by atomic mass is 9.98. The van der Waals surface area contributed by atoms with Crippen LogP contribution in [0.15, 0.2) is 76.0 Å². The Labute approximate surface area is 251 Å². The molecule has 2 N–H and O–H groups in total. The lowest BCUT2D eigenvalue weighted by Gasteiger charge is -2.15. The van der Waals surface area contributed by atoms with E-state index in [0.717, 1.165) is 45.9 Å². The van der Waals surface area contributed by atoms with Crippen molar-refractivity contribution in [1.29, 1.82) is 0 Å². The molecule has 42 heavy (non-hydrogen) atoms. The number of methoxy groups -OCH3 is 1. The molecule has 0 amide bonds. The number of nitrogens with one attached hydrogen (secondary N) is 2. The van der Waals surface area contributed by atoms with Crippen molar-refractivity contribution in [2.75, 3.05) is 37.9 Å². The first-order chi connectivity index (χ1) is 20.5. The fourth-order valence-corrected chi connectivity index (χ4v) is 6.80. The van der Waals surface area contributed by atoms with Gasteiger partial charge in [0.15, 0.2) is 4.90 Å². The molecule has 2 aromatic carbocycles. The molecular formula is C31H32N6O3S2. The number of pyridine rings is 1. The maximum Gasteiger partial charge on any atom is 0.262 e. The van der Waals surface area contributed by atoms with Crippen LogP contribution in [0.2, 0.25) is 0 Å². The van der Waals surface area contributed by atoms with Crippen molar-refractivity contribution in [1.82, 2.24) is 24.8 Å². The van der Waals surface area contributed by atoms with Gasteiger partial charge in [-0.2, -0.15) is 4.98 Å². The molecule has 1 saturated heterocycles. The number of fused-ring (bicyclic) bond motifs is 1. The number of thiazole rings is 1. The molecule has 6 rings (SSSR count). The predicted molar refractivity (Wildman–Crippen MR) is 168 cm³/mol. The van der Waals surface area contributed by atoms with E-state index in [1.165, 1.54) is 16.9 Å². The van der Waals surface area contributed by atoms with Gasteiger partial charge in [0.2, 0.25) is 5.95 Å². The minimum absolute atomic E-state index is 0.177. The molecule has 2 unspecified atom stereocenters. The van der Waals surface area contributed by atoms with Gasteiger partial charge in [-0.25, -0.2) is 9.97 Å². The van der Waals surface area contributed by atoms with E-state index >= 15 is 0 Å². The van der Waals surface area contributed by atoms with Crippen molar-refractivity contribution < 1.29 is 9.29 Å². The van der Waals surface area contributed by atoms with Crippen LogP contribution in [0.3, 0.4) is 0 Å². The number of aryl methyl sites for hydroxylation is 1. The number of rotatable bonds is 10. The number of aromatic nitrogens is 4. The molecule has 3 aromatic heterocycles. The van der Waals surface area contributed by atoms with E-state index in [4.69, 9.17) is 9.72 Å². The van der Waals surface area contributed by atoms with Gasteiger partial charge < -0.3 is 19.9 Å². The summed E-state index contributed by atoms with van der Waals surface area (Å²) in [7, 11) is 1.60. The highest BCUT2D eigenvalue weighted by Gasteiger charge is 2.19. The van der Waals surface area contributed by atoms with E-state index < -0.39 is 11.2 Å².